The second-order valence-electron chi connectivity index (χ2n) is 8.82. The molecule has 7 nitrogen and oxygen atoms in total. The van der Waals surface area contributed by atoms with E-state index in [4.69, 9.17) is 12.2 Å². The van der Waals surface area contributed by atoms with Crippen LogP contribution >= 0.6 is 12.2 Å². The van der Waals surface area contributed by atoms with Gasteiger partial charge in [0.25, 0.3) is 5.69 Å². The molecule has 0 saturated carbocycles. The van der Waals surface area contributed by atoms with Gasteiger partial charge in [0.05, 0.1) is 16.7 Å². The summed E-state index contributed by atoms with van der Waals surface area (Å²) in [7, 11) is 0. The number of thiocarbonyl (C=S) groups is 1. The van der Waals surface area contributed by atoms with Gasteiger partial charge < -0.3 is 14.8 Å². The van der Waals surface area contributed by atoms with Crippen LogP contribution in [0.25, 0.3) is 5.69 Å². The molecule has 0 unspecified atom stereocenters. The number of nitro groups is 1. The van der Waals surface area contributed by atoms with Gasteiger partial charge in [-0.1, -0.05) is 32.0 Å². The van der Waals surface area contributed by atoms with Crippen LogP contribution < -0.4 is 10.2 Å². The van der Waals surface area contributed by atoms with Crippen molar-refractivity contribution in [3.8, 4) is 5.69 Å². The highest BCUT2D eigenvalue weighted by atomic mass is 32.1. The molecule has 4 aromatic rings. The molecule has 0 radical (unpaired) electrons. The molecule has 2 aromatic carbocycles. The fourth-order valence-corrected chi connectivity index (χ4v) is 4.90. The number of anilines is 1. The Morgan fingerprint density at radius 2 is 1.69 bits per heavy atom. The lowest BCUT2D eigenvalue weighted by Crippen LogP contribution is -2.30. The van der Waals surface area contributed by atoms with Crippen molar-refractivity contribution < 1.29 is 4.92 Å². The third-order valence-corrected chi connectivity index (χ3v) is 6.67. The number of nitro benzene ring substituents is 1. The maximum absolute atomic E-state index is 11.1. The SMILES string of the molecule is CC(C)c1ccc(N2C(=S)N[C@H](c3ccccn3)[C@@H]2c2cccn2-c2ccc([N+](=O)[O-])cc2)cc1. The largest absolute Gasteiger partial charge is 0.351 e. The molecule has 1 N–H and O–H groups in total. The highest BCUT2D eigenvalue weighted by Crippen LogP contribution is 2.42. The maximum atomic E-state index is 11.1. The number of rotatable bonds is 6. The summed E-state index contributed by atoms with van der Waals surface area (Å²) in [6, 6.07) is 24.6. The normalized spacial score (nSPS) is 17.6. The van der Waals surface area contributed by atoms with E-state index in [1.165, 1.54) is 17.7 Å². The number of aromatic nitrogens is 2. The number of non-ortho nitro benzene ring substituents is 1. The number of benzene rings is 2. The molecule has 3 heterocycles. The number of hydrogen-bond acceptors (Lipinski definition) is 4. The molecule has 176 valence electrons. The Balaban J connectivity index is 1.62. The first-order chi connectivity index (χ1) is 16.9. The Morgan fingerprint density at radius 3 is 2.31 bits per heavy atom. The van der Waals surface area contributed by atoms with Crippen molar-refractivity contribution in [2.45, 2.75) is 31.8 Å². The van der Waals surface area contributed by atoms with E-state index in [1.807, 2.05) is 30.5 Å². The fourth-order valence-electron chi connectivity index (χ4n) is 4.56. The quantitative estimate of drug-likeness (QED) is 0.203. The van der Waals surface area contributed by atoms with Crippen LogP contribution in [-0.2, 0) is 0 Å². The van der Waals surface area contributed by atoms with E-state index >= 15 is 0 Å². The fraction of sp³-hybridized carbons (Fsp3) is 0.185. The average Bonchev–Trinajstić information content (AvgIpc) is 3.49. The van der Waals surface area contributed by atoms with Gasteiger partial charge in [0.15, 0.2) is 5.11 Å². The van der Waals surface area contributed by atoms with Crippen molar-refractivity contribution in [1.29, 1.82) is 0 Å². The van der Waals surface area contributed by atoms with Gasteiger partial charge in [-0.15, -0.1) is 0 Å². The van der Waals surface area contributed by atoms with Crippen LogP contribution in [0.5, 0.6) is 0 Å². The number of hydrogen-bond donors (Lipinski definition) is 1. The second kappa shape index (κ2) is 9.31. The molecule has 1 aliphatic heterocycles. The van der Waals surface area contributed by atoms with Gasteiger partial charge in [-0.2, -0.15) is 0 Å². The minimum atomic E-state index is -0.390. The van der Waals surface area contributed by atoms with Crippen LogP contribution in [0.4, 0.5) is 11.4 Å². The molecule has 1 aliphatic rings. The van der Waals surface area contributed by atoms with Crippen molar-refractivity contribution in [1.82, 2.24) is 14.9 Å². The number of pyridine rings is 1. The topological polar surface area (TPSA) is 76.2 Å². The predicted octanol–water partition coefficient (Wildman–Crippen LogP) is 6.08. The monoisotopic (exact) mass is 483 g/mol. The van der Waals surface area contributed by atoms with E-state index in [0.29, 0.717) is 11.0 Å². The highest BCUT2D eigenvalue weighted by molar-refractivity contribution is 7.80. The summed E-state index contributed by atoms with van der Waals surface area (Å²) in [4.78, 5) is 17.5. The van der Waals surface area contributed by atoms with Crippen molar-refractivity contribution in [2.75, 3.05) is 4.90 Å². The number of nitrogens with one attached hydrogen (secondary N) is 1. The Hall–Kier alpha value is -4.04. The second-order valence-corrected chi connectivity index (χ2v) is 9.21. The van der Waals surface area contributed by atoms with Crippen molar-refractivity contribution in [2.24, 2.45) is 0 Å². The first-order valence-electron chi connectivity index (χ1n) is 11.5. The van der Waals surface area contributed by atoms with Crippen LogP contribution in [-0.4, -0.2) is 19.6 Å². The zero-order valence-electron chi connectivity index (χ0n) is 19.4. The van der Waals surface area contributed by atoms with E-state index in [-0.39, 0.29) is 22.7 Å². The Labute approximate surface area is 209 Å². The summed E-state index contributed by atoms with van der Waals surface area (Å²) < 4.78 is 2.05. The van der Waals surface area contributed by atoms with E-state index in [1.54, 1.807) is 18.3 Å². The van der Waals surface area contributed by atoms with Gasteiger partial charge in [-0.05, 0) is 72.2 Å². The molecular formula is C27H25N5O2S. The molecule has 0 bridgehead atoms. The molecule has 5 rings (SSSR count). The molecule has 35 heavy (non-hydrogen) atoms. The van der Waals surface area contributed by atoms with Gasteiger partial charge in [-0.3, -0.25) is 15.1 Å². The molecule has 0 spiro atoms. The summed E-state index contributed by atoms with van der Waals surface area (Å²) in [5.74, 6) is 0.434. The summed E-state index contributed by atoms with van der Waals surface area (Å²) in [6.07, 6.45) is 3.75. The summed E-state index contributed by atoms with van der Waals surface area (Å²) in [6.45, 7) is 4.35. The highest BCUT2D eigenvalue weighted by Gasteiger charge is 2.42. The third-order valence-electron chi connectivity index (χ3n) is 6.36. The Morgan fingerprint density at radius 1 is 0.971 bits per heavy atom. The van der Waals surface area contributed by atoms with Crippen molar-refractivity contribution >= 4 is 28.7 Å². The van der Waals surface area contributed by atoms with E-state index in [0.717, 1.165) is 22.8 Å². The molecule has 2 atom stereocenters. The standard InChI is InChI=1S/C27H25N5O2S/c1-18(2)19-8-10-21(11-9-19)31-26(25(29-27(31)35)23-6-3-4-16-28-23)24-7-5-17-30(24)20-12-14-22(15-13-20)32(33)34/h3-18,25-26H,1-2H3,(H,29,35)/t25-,26+/m1/s1. The van der Waals surface area contributed by atoms with Crippen LogP contribution in [0.1, 0.15) is 48.8 Å². The zero-order chi connectivity index (χ0) is 24.5. The zero-order valence-corrected chi connectivity index (χ0v) is 20.2. The lowest BCUT2D eigenvalue weighted by Gasteiger charge is -2.29. The van der Waals surface area contributed by atoms with Gasteiger partial charge in [0.2, 0.25) is 0 Å². The van der Waals surface area contributed by atoms with E-state index in [2.05, 4.69) is 63.9 Å². The van der Waals surface area contributed by atoms with Crippen LogP contribution in [0.15, 0.2) is 91.3 Å². The minimum Gasteiger partial charge on any atom is -0.351 e. The summed E-state index contributed by atoms with van der Waals surface area (Å²) in [5.41, 5.74) is 5.03. The van der Waals surface area contributed by atoms with Gasteiger partial charge in [-0.25, -0.2) is 0 Å². The lowest BCUT2D eigenvalue weighted by atomic mass is 9.99. The van der Waals surface area contributed by atoms with Crippen LogP contribution in [0.2, 0.25) is 0 Å². The smallest absolute Gasteiger partial charge is 0.269 e. The number of nitrogens with zero attached hydrogens (tertiary/aromatic N) is 4. The van der Waals surface area contributed by atoms with Crippen LogP contribution in [0.3, 0.4) is 0 Å². The molecule has 0 amide bonds. The first-order valence-corrected chi connectivity index (χ1v) is 11.9. The molecule has 1 fully saturated rings. The van der Waals surface area contributed by atoms with E-state index in [9.17, 15) is 10.1 Å². The predicted molar refractivity (Wildman–Crippen MR) is 141 cm³/mol. The Bertz CT molecular complexity index is 1350. The molecule has 0 aliphatic carbocycles. The van der Waals surface area contributed by atoms with Gasteiger partial charge in [0.1, 0.15) is 6.04 Å². The van der Waals surface area contributed by atoms with Crippen molar-refractivity contribution in [3.63, 3.8) is 0 Å². The Kier molecular flexibility index (Phi) is 6.05. The lowest BCUT2D eigenvalue weighted by molar-refractivity contribution is -0.384. The summed E-state index contributed by atoms with van der Waals surface area (Å²) in [5, 5.41) is 15.3. The first kappa shape index (κ1) is 22.7. The molecule has 2 aromatic heterocycles. The van der Waals surface area contributed by atoms with Crippen LogP contribution in [0, 0.1) is 10.1 Å². The molecular weight excluding hydrogens is 458 g/mol. The van der Waals surface area contributed by atoms with Gasteiger partial charge >= 0.3 is 0 Å². The minimum absolute atomic E-state index is 0.0596. The van der Waals surface area contributed by atoms with Gasteiger partial charge in [0, 0.05) is 41.6 Å². The van der Waals surface area contributed by atoms with E-state index < -0.39 is 0 Å². The maximum Gasteiger partial charge on any atom is 0.269 e. The van der Waals surface area contributed by atoms with Crippen molar-refractivity contribution in [3.05, 3.63) is 118 Å². The molecule has 1 saturated heterocycles. The third kappa shape index (κ3) is 4.28. The molecule has 8 heteroatoms. The summed E-state index contributed by atoms with van der Waals surface area (Å²) >= 11 is 5.84. The average molecular weight is 484 g/mol.